The van der Waals surface area contributed by atoms with Crippen LogP contribution in [-0.2, 0) is 4.74 Å². The normalized spacial score (nSPS) is 11.6. The zero-order chi connectivity index (χ0) is 7.82. The van der Waals surface area contributed by atoms with E-state index in [9.17, 15) is 0 Å². The number of hydrogen-bond donors (Lipinski definition) is 0. The molecule has 10 heavy (non-hydrogen) atoms. The molecule has 0 aromatic rings. The molecule has 0 bridgehead atoms. The summed E-state index contributed by atoms with van der Waals surface area (Å²) in [5, 5.41) is 0. The topological polar surface area (TPSA) is 9.23 Å². The van der Waals surface area contributed by atoms with Gasteiger partial charge in [0.05, 0.1) is 13.7 Å². The summed E-state index contributed by atoms with van der Waals surface area (Å²) in [6.45, 7) is 5.09. The molecule has 0 heterocycles. The number of ether oxygens (including phenoxy) is 1. The lowest BCUT2D eigenvalue weighted by Gasteiger charge is -1.98. The van der Waals surface area contributed by atoms with Crippen LogP contribution in [0.15, 0.2) is 12.2 Å². The van der Waals surface area contributed by atoms with Crippen LogP contribution in [0.4, 0.5) is 0 Å². The second kappa shape index (κ2) is 6.81. The lowest BCUT2D eigenvalue weighted by atomic mass is 10.1. The van der Waals surface area contributed by atoms with Crippen molar-refractivity contribution in [3.8, 4) is 0 Å². The molecule has 0 atom stereocenters. The van der Waals surface area contributed by atoms with Crippen molar-refractivity contribution in [1.82, 2.24) is 0 Å². The van der Waals surface area contributed by atoms with Gasteiger partial charge in [-0.1, -0.05) is 26.0 Å². The van der Waals surface area contributed by atoms with Crippen LogP contribution in [0.25, 0.3) is 0 Å². The Morgan fingerprint density at radius 3 is 2.60 bits per heavy atom. The summed E-state index contributed by atoms with van der Waals surface area (Å²) in [6.07, 6.45) is 6.56. The lowest BCUT2D eigenvalue weighted by molar-refractivity contribution is 0.281. The molecule has 1 nitrogen and oxygen atoms in total. The van der Waals surface area contributed by atoms with Crippen molar-refractivity contribution in [2.24, 2.45) is 5.92 Å². The van der Waals surface area contributed by atoms with Crippen molar-refractivity contribution in [3.05, 3.63) is 19.3 Å². The summed E-state index contributed by atoms with van der Waals surface area (Å²) in [6, 6.07) is 0. The molecule has 1 heteroatoms. The summed E-state index contributed by atoms with van der Waals surface area (Å²) < 4.78 is 4.61. The summed E-state index contributed by atoms with van der Waals surface area (Å²) in [4.78, 5) is 0. The first-order valence-corrected chi connectivity index (χ1v) is 3.79. The second-order valence-corrected chi connectivity index (χ2v) is 2.81. The van der Waals surface area contributed by atoms with Crippen LogP contribution in [0.3, 0.4) is 0 Å². The molecule has 0 saturated heterocycles. The lowest BCUT2D eigenvalue weighted by Crippen LogP contribution is -1.84. The Bertz CT molecular complexity index is 84.7. The van der Waals surface area contributed by atoms with Gasteiger partial charge in [0.15, 0.2) is 0 Å². The van der Waals surface area contributed by atoms with E-state index in [0.717, 1.165) is 12.3 Å². The van der Waals surface area contributed by atoms with Crippen molar-refractivity contribution in [1.29, 1.82) is 0 Å². The predicted molar refractivity (Wildman–Crippen MR) is 44.5 cm³/mol. The molecule has 1 radical (unpaired) electrons. The SMILES string of the molecule is [CH2]OCC=CCCC(C)C. The van der Waals surface area contributed by atoms with Crippen molar-refractivity contribution in [2.75, 3.05) is 6.61 Å². The molecule has 0 aliphatic rings. The maximum Gasteiger partial charge on any atom is 0.0704 e. The van der Waals surface area contributed by atoms with Crippen LogP contribution in [0.5, 0.6) is 0 Å². The largest absolute Gasteiger partial charge is 0.375 e. The van der Waals surface area contributed by atoms with Gasteiger partial charge in [0.25, 0.3) is 0 Å². The van der Waals surface area contributed by atoms with Crippen LogP contribution in [0.2, 0.25) is 0 Å². The van der Waals surface area contributed by atoms with Crippen LogP contribution in [-0.4, -0.2) is 6.61 Å². The highest BCUT2D eigenvalue weighted by Gasteiger charge is 1.88. The summed E-state index contributed by atoms with van der Waals surface area (Å²) in [5.74, 6) is 0.797. The van der Waals surface area contributed by atoms with E-state index in [2.05, 4.69) is 31.8 Å². The van der Waals surface area contributed by atoms with Crippen LogP contribution >= 0.6 is 0 Å². The summed E-state index contributed by atoms with van der Waals surface area (Å²) in [7, 11) is 3.27. The highest BCUT2D eigenvalue weighted by atomic mass is 16.5. The number of hydrogen-bond acceptors (Lipinski definition) is 1. The third-order valence-corrected chi connectivity index (χ3v) is 1.29. The van der Waals surface area contributed by atoms with E-state index in [-0.39, 0.29) is 0 Å². The van der Waals surface area contributed by atoms with Gasteiger partial charge in [0.1, 0.15) is 0 Å². The van der Waals surface area contributed by atoms with Gasteiger partial charge in [-0.15, -0.1) is 0 Å². The quantitative estimate of drug-likeness (QED) is 0.535. The Morgan fingerprint density at radius 2 is 2.10 bits per heavy atom. The minimum atomic E-state index is 0.637. The fourth-order valence-electron chi connectivity index (χ4n) is 0.683. The molecular weight excluding hydrogens is 124 g/mol. The summed E-state index contributed by atoms with van der Waals surface area (Å²) >= 11 is 0. The average molecular weight is 141 g/mol. The van der Waals surface area contributed by atoms with Gasteiger partial charge >= 0.3 is 0 Å². The van der Waals surface area contributed by atoms with Crippen molar-refractivity contribution in [3.63, 3.8) is 0 Å². The van der Waals surface area contributed by atoms with Crippen molar-refractivity contribution >= 4 is 0 Å². The number of allylic oxidation sites excluding steroid dienone is 1. The van der Waals surface area contributed by atoms with Gasteiger partial charge in [-0.05, 0) is 18.8 Å². The van der Waals surface area contributed by atoms with E-state index >= 15 is 0 Å². The fraction of sp³-hybridized carbons (Fsp3) is 0.667. The molecule has 0 aliphatic heterocycles. The molecule has 0 N–H and O–H groups in total. The first-order valence-electron chi connectivity index (χ1n) is 3.79. The predicted octanol–water partition coefficient (Wildman–Crippen LogP) is 2.79. The average Bonchev–Trinajstić information content (AvgIpc) is 1.87. The first-order chi connectivity index (χ1) is 4.77. The molecule has 59 valence electrons. The van der Waals surface area contributed by atoms with E-state index in [4.69, 9.17) is 0 Å². The van der Waals surface area contributed by atoms with Gasteiger partial charge in [0, 0.05) is 0 Å². The first kappa shape index (κ1) is 9.70. The minimum absolute atomic E-state index is 0.637. The van der Waals surface area contributed by atoms with Gasteiger partial charge in [-0.3, -0.25) is 0 Å². The Labute approximate surface area is 64.1 Å². The third-order valence-electron chi connectivity index (χ3n) is 1.29. The van der Waals surface area contributed by atoms with E-state index in [1.165, 1.54) is 6.42 Å². The van der Waals surface area contributed by atoms with Gasteiger partial charge in [0.2, 0.25) is 0 Å². The molecule has 0 saturated carbocycles. The maximum absolute atomic E-state index is 4.61. The molecule has 0 fully saturated rings. The van der Waals surface area contributed by atoms with Gasteiger partial charge in [-0.25, -0.2) is 0 Å². The monoisotopic (exact) mass is 141 g/mol. The molecule has 0 aromatic heterocycles. The fourth-order valence-corrected chi connectivity index (χ4v) is 0.683. The standard InChI is InChI=1S/C9H17O/c1-9(2)7-5-4-6-8-10-3/h4,6,9H,3,5,7-8H2,1-2H3. The van der Waals surface area contributed by atoms with Gasteiger partial charge < -0.3 is 4.74 Å². The minimum Gasteiger partial charge on any atom is -0.375 e. The number of rotatable bonds is 5. The summed E-state index contributed by atoms with van der Waals surface area (Å²) in [5.41, 5.74) is 0. The molecule has 0 rings (SSSR count). The highest BCUT2D eigenvalue weighted by molar-refractivity contribution is 4.81. The molecule has 0 spiro atoms. The zero-order valence-corrected chi connectivity index (χ0v) is 6.97. The smallest absolute Gasteiger partial charge is 0.0704 e. The molecule has 0 unspecified atom stereocenters. The van der Waals surface area contributed by atoms with E-state index in [1.807, 2.05) is 6.08 Å². The van der Waals surface area contributed by atoms with Crippen molar-refractivity contribution in [2.45, 2.75) is 26.7 Å². The highest BCUT2D eigenvalue weighted by Crippen LogP contribution is 2.03. The molecule has 0 aromatic carbocycles. The zero-order valence-electron chi connectivity index (χ0n) is 6.97. The Morgan fingerprint density at radius 1 is 1.40 bits per heavy atom. The Hall–Kier alpha value is -0.300. The Balaban J connectivity index is 3.02. The van der Waals surface area contributed by atoms with Crippen LogP contribution < -0.4 is 0 Å². The van der Waals surface area contributed by atoms with Gasteiger partial charge in [-0.2, -0.15) is 0 Å². The Kier molecular flexibility index (Phi) is 6.61. The molecule has 0 amide bonds. The maximum atomic E-state index is 4.61. The van der Waals surface area contributed by atoms with E-state index < -0.39 is 0 Å². The van der Waals surface area contributed by atoms with E-state index in [1.54, 1.807) is 0 Å². The molecule has 0 aliphatic carbocycles. The third kappa shape index (κ3) is 7.70. The van der Waals surface area contributed by atoms with Crippen LogP contribution in [0.1, 0.15) is 26.7 Å². The van der Waals surface area contributed by atoms with Crippen LogP contribution in [0, 0.1) is 13.0 Å². The molecular formula is C9H17O. The second-order valence-electron chi connectivity index (χ2n) is 2.81. The van der Waals surface area contributed by atoms with E-state index in [0.29, 0.717) is 6.61 Å². The van der Waals surface area contributed by atoms with Crippen molar-refractivity contribution < 1.29 is 4.74 Å².